The number of hydrogen-bond acceptors (Lipinski definition) is 3. The van der Waals surface area contributed by atoms with E-state index >= 15 is 0 Å². The molecule has 1 saturated heterocycles. The summed E-state index contributed by atoms with van der Waals surface area (Å²) in [6.07, 6.45) is 7.14. The van der Waals surface area contributed by atoms with Crippen molar-refractivity contribution in [3.8, 4) is 0 Å². The first-order valence-corrected chi connectivity index (χ1v) is 4.87. The van der Waals surface area contributed by atoms with Crippen LogP contribution in [0, 0.1) is 0 Å². The summed E-state index contributed by atoms with van der Waals surface area (Å²) < 4.78 is 11.5. The van der Waals surface area contributed by atoms with Crippen LogP contribution in [0.15, 0.2) is 12.2 Å². The quantitative estimate of drug-likeness (QED) is 0.561. The fourth-order valence-electron chi connectivity index (χ4n) is 2.43. The molecule has 0 radical (unpaired) electrons. The van der Waals surface area contributed by atoms with Gasteiger partial charge < -0.3 is 9.47 Å². The lowest BCUT2D eigenvalue weighted by Crippen LogP contribution is -2.28. The summed E-state index contributed by atoms with van der Waals surface area (Å²) in [6, 6.07) is 0. The van der Waals surface area contributed by atoms with Gasteiger partial charge in [0, 0.05) is 12.8 Å². The summed E-state index contributed by atoms with van der Waals surface area (Å²) in [7, 11) is 0. The van der Waals surface area contributed by atoms with Gasteiger partial charge in [0.05, 0.1) is 0 Å². The zero-order chi connectivity index (χ0) is 8.89. The monoisotopic (exact) mass is 180 g/mol. The molecule has 70 valence electrons. The van der Waals surface area contributed by atoms with Crippen LogP contribution in [0.25, 0.3) is 0 Å². The third-order valence-corrected chi connectivity index (χ3v) is 3.09. The van der Waals surface area contributed by atoms with Crippen molar-refractivity contribution >= 4 is 5.78 Å². The van der Waals surface area contributed by atoms with Gasteiger partial charge in [-0.3, -0.25) is 4.79 Å². The standard InChI is InChI=1S/C10H12O3/c11-7-3-4-8-9(7)13-10(12-8)5-1-2-6-10/h3-4,8-9H,1-2,5-6H2/t8-,9+/m0/s1. The second-order valence-corrected chi connectivity index (χ2v) is 4.00. The van der Waals surface area contributed by atoms with E-state index < -0.39 is 5.79 Å². The molecule has 0 bridgehead atoms. The maximum atomic E-state index is 11.3. The fraction of sp³-hybridized carbons (Fsp3) is 0.700. The second kappa shape index (κ2) is 2.42. The molecule has 3 aliphatic rings. The molecule has 0 amide bonds. The first kappa shape index (κ1) is 7.71. The molecule has 13 heavy (non-hydrogen) atoms. The van der Waals surface area contributed by atoms with E-state index in [4.69, 9.17) is 9.47 Å². The highest BCUT2D eigenvalue weighted by molar-refractivity contribution is 5.97. The van der Waals surface area contributed by atoms with Crippen LogP contribution >= 0.6 is 0 Å². The number of ether oxygens (including phenoxy) is 2. The van der Waals surface area contributed by atoms with Gasteiger partial charge in [-0.05, 0) is 25.0 Å². The predicted octanol–water partition coefficient (Wildman–Crippen LogP) is 1.18. The van der Waals surface area contributed by atoms with E-state index in [0.717, 1.165) is 25.7 Å². The maximum Gasteiger partial charge on any atom is 0.187 e. The molecule has 0 N–H and O–H groups in total. The van der Waals surface area contributed by atoms with Crippen LogP contribution in [0.5, 0.6) is 0 Å². The molecule has 2 atom stereocenters. The third kappa shape index (κ3) is 1.00. The zero-order valence-electron chi connectivity index (χ0n) is 7.36. The minimum Gasteiger partial charge on any atom is -0.339 e. The maximum absolute atomic E-state index is 11.3. The molecular formula is C10H12O3. The number of ketones is 1. The Labute approximate surface area is 76.7 Å². The van der Waals surface area contributed by atoms with Crippen molar-refractivity contribution < 1.29 is 14.3 Å². The first-order valence-electron chi connectivity index (χ1n) is 4.87. The van der Waals surface area contributed by atoms with Crippen LogP contribution in [0.4, 0.5) is 0 Å². The topological polar surface area (TPSA) is 35.5 Å². The highest BCUT2D eigenvalue weighted by atomic mass is 16.8. The van der Waals surface area contributed by atoms with Gasteiger partial charge in [0.1, 0.15) is 6.10 Å². The number of rotatable bonds is 0. The normalized spacial score (nSPS) is 40.5. The molecule has 1 saturated carbocycles. The lowest BCUT2D eigenvalue weighted by atomic mass is 10.2. The van der Waals surface area contributed by atoms with Crippen LogP contribution in [-0.2, 0) is 14.3 Å². The molecule has 2 aliphatic carbocycles. The Morgan fingerprint density at radius 1 is 1.31 bits per heavy atom. The lowest BCUT2D eigenvalue weighted by molar-refractivity contribution is -0.170. The molecule has 0 unspecified atom stereocenters. The van der Waals surface area contributed by atoms with Gasteiger partial charge in [0.15, 0.2) is 17.7 Å². The first-order chi connectivity index (χ1) is 6.29. The van der Waals surface area contributed by atoms with Gasteiger partial charge in [-0.15, -0.1) is 0 Å². The minimum atomic E-state index is -0.407. The van der Waals surface area contributed by atoms with E-state index in [9.17, 15) is 4.79 Å². The third-order valence-electron chi connectivity index (χ3n) is 3.09. The van der Waals surface area contributed by atoms with E-state index in [1.807, 2.05) is 6.08 Å². The summed E-state index contributed by atoms with van der Waals surface area (Å²) in [5.74, 6) is -0.343. The van der Waals surface area contributed by atoms with Gasteiger partial charge >= 0.3 is 0 Å². The molecule has 3 heteroatoms. The van der Waals surface area contributed by atoms with Gasteiger partial charge in [-0.1, -0.05) is 0 Å². The van der Waals surface area contributed by atoms with E-state index in [2.05, 4.69) is 0 Å². The van der Waals surface area contributed by atoms with Crippen molar-refractivity contribution in [2.75, 3.05) is 0 Å². The summed E-state index contributed by atoms with van der Waals surface area (Å²) in [5, 5.41) is 0. The van der Waals surface area contributed by atoms with Crippen molar-refractivity contribution in [2.24, 2.45) is 0 Å². The van der Waals surface area contributed by atoms with Crippen molar-refractivity contribution in [3.63, 3.8) is 0 Å². The van der Waals surface area contributed by atoms with Crippen LogP contribution in [-0.4, -0.2) is 23.8 Å². The number of hydrogen-bond donors (Lipinski definition) is 0. The van der Waals surface area contributed by atoms with E-state index in [1.165, 1.54) is 0 Å². The van der Waals surface area contributed by atoms with Gasteiger partial charge in [0.25, 0.3) is 0 Å². The summed E-state index contributed by atoms with van der Waals surface area (Å²) in [6.45, 7) is 0. The van der Waals surface area contributed by atoms with E-state index in [0.29, 0.717) is 0 Å². The zero-order valence-corrected chi connectivity index (χ0v) is 7.36. The molecule has 0 aromatic rings. The molecule has 0 aromatic heterocycles. The fourth-order valence-corrected chi connectivity index (χ4v) is 2.43. The van der Waals surface area contributed by atoms with Crippen molar-refractivity contribution in [3.05, 3.63) is 12.2 Å². The van der Waals surface area contributed by atoms with Crippen LogP contribution in [0.2, 0.25) is 0 Å². The number of carbonyl (C=O) groups excluding carboxylic acids is 1. The van der Waals surface area contributed by atoms with E-state index in [-0.39, 0.29) is 18.0 Å². The van der Waals surface area contributed by atoms with Gasteiger partial charge in [-0.2, -0.15) is 0 Å². The van der Waals surface area contributed by atoms with Gasteiger partial charge in [-0.25, -0.2) is 0 Å². The Balaban J connectivity index is 1.85. The Kier molecular flexibility index (Phi) is 1.44. The second-order valence-electron chi connectivity index (χ2n) is 4.00. The average Bonchev–Trinajstić information content (AvgIpc) is 2.76. The van der Waals surface area contributed by atoms with Gasteiger partial charge in [0.2, 0.25) is 0 Å². The van der Waals surface area contributed by atoms with Crippen LogP contribution < -0.4 is 0 Å². The molecule has 1 spiro atoms. The Morgan fingerprint density at radius 3 is 2.77 bits per heavy atom. The Morgan fingerprint density at radius 2 is 2.08 bits per heavy atom. The van der Waals surface area contributed by atoms with Crippen LogP contribution in [0.3, 0.4) is 0 Å². The highest BCUT2D eigenvalue weighted by Gasteiger charge is 2.51. The Bertz CT molecular complexity index is 276. The number of fused-ring (bicyclic) bond motifs is 1. The molecule has 2 fully saturated rings. The number of carbonyl (C=O) groups is 1. The molecule has 1 heterocycles. The average molecular weight is 180 g/mol. The summed E-state index contributed by atoms with van der Waals surface area (Å²) in [4.78, 5) is 11.3. The molecule has 1 aliphatic heterocycles. The molecule has 0 aromatic carbocycles. The molecule has 3 rings (SSSR count). The molecule has 3 nitrogen and oxygen atoms in total. The molecular weight excluding hydrogens is 168 g/mol. The predicted molar refractivity (Wildman–Crippen MR) is 45.1 cm³/mol. The Hall–Kier alpha value is -0.670. The van der Waals surface area contributed by atoms with E-state index in [1.54, 1.807) is 6.08 Å². The minimum absolute atomic E-state index is 0.0637. The SMILES string of the molecule is O=C1C=C[C@@H]2OC3(CCCC3)O[C@H]12. The van der Waals surface area contributed by atoms with Crippen molar-refractivity contribution in [2.45, 2.75) is 43.7 Å². The summed E-state index contributed by atoms with van der Waals surface area (Å²) in [5.41, 5.74) is 0. The van der Waals surface area contributed by atoms with Crippen LogP contribution in [0.1, 0.15) is 25.7 Å². The highest BCUT2D eigenvalue weighted by Crippen LogP contribution is 2.43. The van der Waals surface area contributed by atoms with Crippen molar-refractivity contribution in [1.29, 1.82) is 0 Å². The summed E-state index contributed by atoms with van der Waals surface area (Å²) >= 11 is 0. The largest absolute Gasteiger partial charge is 0.339 e. The lowest BCUT2D eigenvalue weighted by Gasteiger charge is -2.21. The smallest absolute Gasteiger partial charge is 0.187 e. The van der Waals surface area contributed by atoms with Crippen molar-refractivity contribution in [1.82, 2.24) is 0 Å².